The summed E-state index contributed by atoms with van der Waals surface area (Å²) in [6.07, 6.45) is 0.437. The number of carbonyl (C=O) groups is 1. The Hall–Kier alpha value is -1.55. The normalized spacial score (nSPS) is 12.1. The minimum atomic E-state index is -0.637. The third kappa shape index (κ3) is 2.74. The highest BCUT2D eigenvalue weighted by Crippen LogP contribution is 2.13. The Balaban J connectivity index is 2.71. The summed E-state index contributed by atoms with van der Waals surface area (Å²) in [5, 5.41) is 0. The zero-order valence-electron chi connectivity index (χ0n) is 8.07. The number of rotatable bonds is 4. The number of amides is 1. The van der Waals surface area contributed by atoms with E-state index in [1.807, 2.05) is 24.3 Å². The first-order chi connectivity index (χ1) is 6.63. The van der Waals surface area contributed by atoms with Gasteiger partial charge in [-0.05, 0) is 24.1 Å². The van der Waals surface area contributed by atoms with Crippen LogP contribution < -0.4 is 16.2 Å². The molecule has 1 atom stereocenters. The van der Waals surface area contributed by atoms with Crippen molar-refractivity contribution in [2.75, 3.05) is 7.11 Å². The van der Waals surface area contributed by atoms with Gasteiger partial charge in [0, 0.05) is 0 Å². The Morgan fingerprint density at radius 3 is 2.86 bits per heavy atom. The van der Waals surface area contributed by atoms with Gasteiger partial charge in [0.2, 0.25) is 5.91 Å². The Labute approximate surface area is 82.8 Å². The molecule has 0 saturated heterocycles. The zero-order valence-corrected chi connectivity index (χ0v) is 8.07. The van der Waals surface area contributed by atoms with Crippen molar-refractivity contribution in [3.8, 4) is 5.75 Å². The van der Waals surface area contributed by atoms with Gasteiger partial charge in [0.1, 0.15) is 5.75 Å². The molecule has 1 aromatic carbocycles. The van der Waals surface area contributed by atoms with E-state index >= 15 is 0 Å². The lowest BCUT2D eigenvalue weighted by atomic mass is 10.1. The summed E-state index contributed by atoms with van der Waals surface area (Å²) in [4.78, 5) is 10.7. The minimum absolute atomic E-state index is 0.437. The molecule has 0 spiro atoms. The highest BCUT2D eigenvalue weighted by atomic mass is 16.5. The molecule has 1 rings (SSSR count). The molecule has 76 valence electrons. The molecule has 0 aromatic heterocycles. The van der Waals surface area contributed by atoms with E-state index in [4.69, 9.17) is 16.2 Å². The number of benzene rings is 1. The fraction of sp³-hybridized carbons (Fsp3) is 0.300. The van der Waals surface area contributed by atoms with Crippen LogP contribution in [-0.4, -0.2) is 19.1 Å². The Bertz CT molecular complexity index is 326. The van der Waals surface area contributed by atoms with Gasteiger partial charge in [-0.3, -0.25) is 4.79 Å². The lowest BCUT2D eigenvalue weighted by Gasteiger charge is -2.08. The average molecular weight is 194 g/mol. The van der Waals surface area contributed by atoms with E-state index in [-0.39, 0.29) is 0 Å². The summed E-state index contributed by atoms with van der Waals surface area (Å²) in [5.41, 5.74) is 11.5. The zero-order chi connectivity index (χ0) is 10.6. The minimum Gasteiger partial charge on any atom is -0.497 e. The molecule has 0 bridgehead atoms. The van der Waals surface area contributed by atoms with E-state index in [0.29, 0.717) is 6.42 Å². The van der Waals surface area contributed by atoms with Gasteiger partial charge in [-0.2, -0.15) is 0 Å². The van der Waals surface area contributed by atoms with Crippen LogP contribution in [0, 0.1) is 0 Å². The molecule has 0 saturated carbocycles. The molecule has 0 aliphatic rings. The Morgan fingerprint density at radius 1 is 1.57 bits per heavy atom. The molecule has 1 aromatic rings. The van der Waals surface area contributed by atoms with Crippen LogP contribution in [0.5, 0.6) is 5.75 Å². The van der Waals surface area contributed by atoms with Crippen molar-refractivity contribution < 1.29 is 9.53 Å². The van der Waals surface area contributed by atoms with Crippen LogP contribution >= 0.6 is 0 Å². The van der Waals surface area contributed by atoms with Gasteiger partial charge >= 0.3 is 0 Å². The molecule has 0 aliphatic carbocycles. The first-order valence-corrected chi connectivity index (χ1v) is 4.31. The van der Waals surface area contributed by atoms with Gasteiger partial charge in [0.05, 0.1) is 13.2 Å². The topological polar surface area (TPSA) is 78.3 Å². The SMILES string of the molecule is COc1cccc(CC(N)C(N)=O)c1. The highest BCUT2D eigenvalue weighted by Gasteiger charge is 2.09. The van der Waals surface area contributed by atoms with Crippen LogP contribution in [0.2, 0.25) is 0 Å². The maximum Gasteiger partial charge on any atom is 0.234 e. The van der Waals surface area contributed by atoms with Crippen LogP contribution in [-0.2, 0) is 11.2 Å². The van der Waals surface area contributed by atoms with E-state index < -0.39 is 11.9 Å². The van der Waals surface area contributed by atoms with Gasteiger partial charge < -0.3 is 16.2 Å². The van der Waals surface area contributed by atoms with Crippen molar-refractivity contribution in [2.45, 2.75) is 12.5 Å². The number of methoxy groups -OCH3 is 1. The molecule has 0 aliphatic heterocycles. The van der Waals surface area contributed by atoms with Crippen LogP contribution in [0.4, 0.5) is 0 Å². The van der Waals surface area contributed by atoms with E-state index in [2.05, 4.69) is 0 Å². The van der Waals surface area contributed by atoms with Gasteiger partial charge in [-0.25, -0.2) is 0 Å². The fourth-order valence-electron chi connectivity index (χ4n) is 1.15. The molecule has 4 nitrogen and oxygen atoms in total. The number of ether oxygens (including phenoxy) is 1. The van der Waals surface area contributed by atoms with Gasteiger partial charge in [-0.15, -0.1) is 0 Å². The number of primary amides is 1. The van der Waals surface area contributed by atoms with Gasteiger partial charge in [0.25, 0.3) is 0 Å². The summed E-state index contributed by atoms with van der Waals surface area (Å²) < 4.78 is 5.04. The van der Waals surface area contributed by atoms with Gasteiger partial charge in [-0.1, -0.05) is 12.1 Å². The fourth-order valence-corrected chi connectivity index (χ4v) is 1.15. The Kier molecular flexibility index (Phi) is 3.48. The molecular weight excluding hydrogens is 180 g/mol. The second-order valence-corrected chi connectivity index (χ2v) is 3.06. The second kappa shape index (κ2) is 4.62. The summed E-state index contributed by atoms with van der Waals surface area (Å²) in [5.74, 6) is 0.256. The maximum absolute atomic E-state index is 10.7. The maximum atomic E-state index is 10.7. The molecule has 0 heterocycles. The Morgan fingerprint density at radius 2 is 2.29 bits per heavy atom. The number of carbonyl (C=O) groups excluding carboxylic acids is 1. The third-order valence-corrected chi connectivity index (χ3v) is 1.96. The van der Waals surface area contributed by atoms with Crippen molar-refractivity contribution in [2.24, 2.45) is 11.5 Å². The molecule has 1 unspecified atom stereocenters. The summed E-state index contributed by atoms with van der Waals surface area (Å²) in [6, 6.07) is 6.76. The molecule has 14 heavy (non-hydrogen) atoms. The first kappa shape index (κ1) is 10.5. The van der Waals surface area contributed by atoms with E-state index in [0.717, 1.165) is 11.3 Å². The van der Waals surface area contributed by atoms with E-state index in [1.54, 1.807) is 7.11 Å². The third-order valence-electron chi connectivity index (χ3n) is 1.96. The standard InChI is InChI=1S/C10H14N2O2/c1-14-8-4-2-3-7(5-8)6-9(11)10(12)13/h2-5,9H,6,11H2,1H3,(H2,12,13). The largest absolute Gasteiger partial charge is 0.497 e. The lowest BCUT2D eigenvalue weighted by molar-refractivity contribution is -0.119. The quantitative estimate of drug-likeness (QED) is 0.710. The van der Waals surface area contributed by atoms with Crippen LogP contribution in [0.1, 0.15) is 5.56 Å². The van der Waals surface area contributed by atoms with Crippen molar-refractivity contribution in [3.05, 3.63) is 29.8 Å². The molecule has 4 N–H and O–H groups in total. The average Bonchev–Trinajstić information content (AvgIpc) is 2.18. The summed E-state index contributed by atoms with van der Waals surface area (Å²) in [7, 11) is 1.59. The van der Waals surface area contributed by atoms with Crippen molar-refractivity contribution in [3.63, 3.8) is 0 Å². The molecular formula is C10H14N2O2. The first-order valence-electron chi connectivity index (χ1n) is 4.31. The van der Waals surface area contributed by atoms with Gasteiger partial charge in [0.15, 0.2) is 0 Å². The molecule has 4 heteroatoms. The molecule has 1 amide bonds. The van der Waals surface area contributed by atoms with Crippen LogP contribution in [0.15, 0.2) is 24.3 Å². The molecule has 0 radical (unpaired) electrons. The predicted octanol–water partition coefficient (Wildman–Crippen LogP) is 0.0503. The highest BCUT2D eigenvalue weighted by molar-refractivity contribution is 5.79. The predicted molar refractivity (Wildman–Crippen MR) is 53.9 cm³/mol. The van der Waals surface area contributed by atoms with E-state index in [1.165, 1.54) is 0 Å². The van der Waals surface area contributed by atoms with Crippen molar-refractivity contribution in [1.82, 2.24) is 0 Å². The lowest BCUT2D eigenvalue weighted by Crippen LogP contribution is -2.38. The smallest absolute Gasteiger partial charge is 0.234 e. The van der Waals surface area contributed by atoms with Crippen LogP contribution in [0.3, 0.4) is 0 Å². The number of hydrogen-bond acceptors (Lipinski definition) is 3. The number of nitrogens with two attached hydrogens (primary N) is 2. The number of hydrogen-bond donors (Lipinski definition) is 2. The van der Waals surface area contributed by atoms with Crippen molar-refractivity contribution >= 4 is 5.91 Å². The summed E-state index contributed by atoms with van der Waals surface area (Å²) >= 11 is 0. The van der Waals surface area contributed by atoms with E-state index in [9.17, 15) is 4.79 Å². The van der Waals surface area contributed by atoms with Crippen LogP contribution in [0.25, 0.3) is 0 Å². The second-order valence-electron chi connectivity index (χ2n) is 3.06. The summed E-state index contributed by atoms with van der Waals surface area (Å²) in [6.45, 7) is 0. The molecule has 0 fully saturated rings. The van der Waals surface area contributed by atoms with Crippen molar-refractivity contribution in [1.29, 1.82) is 0 Å². The monoisotopic (exact) mass is 194 g/mol.